The number of hydrogen-bond donors (Lipinski definition) is 1. The van der Waals surface area contributed by atoms with Crippen LogP contribution in [0.1, 0.15) is 24.2 Å². The van der Waals surface area contributed by atoms with Crippen molar-refractivity contribution in [2.45, 2.75) is 29.7 Å². The van der Waals surface area contributed by atoms with Gasteiger partial charge in [-0.15, -0.1) is 0 Å². The highest BCUT2D eigenvalue weighted by Gasteiger charge is 2.12. The summed E-state index contributed by atoms with van der Waals surface area (Å²) in [5.74, 6) is -0.287. The maximum absolute atomic E-state index is 13.5. The van der Waals surface area contributed by atoms with E-state index in [4.69, 9.17) is 0 Å². The fraction of sp³-hybridized carbons (Fsp3) is 0.214. The molecule has 0 radical (unpaired) electrons. The minimum atomic E-state index is -0.690. The molecule has 2 nitrogen and oxygen atoms in total. The summed E-state index contributed by atoms with van der Waals surface area (Å²) in [4.78, 5) is 5.84. The van der Waals surface area contributed by atoms with Crippen molar-refractivity contribution in [3.05, 3.63) is 53.6 Å². The van der Waals surface area contributed by atoms with Crippen molar-refractivity contribution in [1.82, 2.24) is 4.98 Å². The molecule has 2 aromatic rings. The van der Waals surface area contributed by atoms with Gasteiger partial charge in [-0.05, 0) is 49.2 Å². The van der Waals surface area contributed by atoms with E-state index in [0.717, 1.165) is 9.79 Å². The second-order valence-corrected chi connectivity index (χ2v) is 5.22. The van der Waals surface area contributed by atoms with Gasteiger partial charge in [0, 0.05) is 22.2 Å². The molecule has 0 aliphatic heterocycles. The normalized spacial score (nSPS) is 12.4. The first-order valence-electron chi connectivity index (χ1n) is 5.64. The lowest BCUT2D eigenvalue weighted by molar-refractivity contribution is 0.196. The van der Waals surface area contributed by atoms with Crippen LogP contribution in [0.15, 0.2) is 46.5 Å². The van der Waals surface area contributed by atoms with Crippen LogP contribution in [-0.2, 0) is 0 Å². The minimum absolute atomic E-state index is 0.287. The van der Waals surface area contributed by atoms with Crippen LogP contribution in [0.4, 0.5) is 4.39 Å². The molecule has 2 rings (SSSR count). The fourth-order valence-corrected chi connectivity index (χ4v) is 2.71. The van der Waals surface area contributed by atoms with Crippen molar-refractivity contribution in [3.8, 4) is 0 Å². The number of benzene rings is 1. The Balaban J connectivity index is 2.40. The van der Waals surface area contributed by atoms with Crippen molar-refractivity contribution in [2.75, 3.05) is 0 Å². The number of hydrogen-bond acceptors (Lipinski definition) is 3. The lowest BCUT2D eigenvalue weighted by Gasteiger charge is -2.13. The molecule has 94 valence electrons. The number of aromatic nitrogens is 1. The van der Waals surface area contributed by atoms with Crippen molar-refractivity contribution >= 4 is 11.8 Å². The molecule has 0 aliphatic carbocycles. The summed E-state index contributed by atoms with van der Waals surface area (Å²) in [7, 11) is 0. The van der Waals surface area contributed by atoms with Crippen molar-refractivity contribution < 1.29 is 9.50 Å². The second-order valence-electron chi connectivity index (χ2n) is 4.10. The summed E-state index contributed by atoms with van der Waals surface area (Å²) in [6.07, 6.45) is 2.73. The Morgan fingerprint density at radius 1 is 1.28 bits per heavy atom. The first-order valence-corrected chi connectivity index (χ1v) is 6.45. The molecule has 0 fully saturated rings. The van der Waals surface area contributed by atoms with Crippen LogP contribution < -0.4 is 0 Å². The van der Waals surface area contributed by atoms with Gasteiger partial charge in [0.05, 0.1) is 6.10 Å². The molecule has 0 amide bonds. The number of nitrogens with zero attached hydrogens (tertiary/aromatic N) is 1. The van der Waals surface area contributed by atoms with E-state index in [0.29, 0.717) is 11.1 Å². The quantitative estimate of drug-likeness (QED) is 0.916. The van der Waals surface area contributed by atoms with Crippen LogP contribution in [0.3, 0.4) is 0 Å². The monoisotopic (exact) mass is 263 g/mol. The molecule has 0 bridgehead atoms. The van der Waals surface area contributed by atoms with Gasteiger partial charge in [0.2, 0.25) is 0 Å². The van der Waals surface area contributed by atoms with Gasteiger partial charge in [-0.3, -0.25) is 4.98 Å². The molecule has 4 heteroatoms. The zero-order valence-electron chi connectivity index (χ0n) is 10.2. The smallest absolute Gasteiger partial charge is 0.126 e. The van der Waals surface area contributed by atoms with E-state index in [1.807, 2.05) is 12.1 Å². The molecular weight excluding hydrogens is 249 g/mol. The summed E-state index contributed by atoms with van der Waals surface area (Å²) in [5, 5.41) is 9.71. The van der Waals surface area contributed by atoms with E-state index in [-0.39, 0.29) is 5.82 Å². The first-order chi connectivity index (χ1) is 8.58. The number of aryl methyl sites for hydroxylation is 1. The average molecular weight is 263 g/mol. The third-order valence-corrected chi connectivity index (χ3v) is 3.70. The summed E-state index contributed by atoms with van der Waals surface area (Å²) in [5.41, 5.74) is 1.19. The molecule has 1 N–H and O–H groups in total. The number of rotatable bonds is 3. The van der Waals surface area contributed by atoms with Crippen LogP contribution >= 0.6 is 11.8 Å². The van der Waals surface area contributed by atoms with Gasteiger partial charge in [-0.25, -0.2) is 4.39 Å². The highest BCUT2D eigenvalue weighted by atomic mass is 32.2. The highest BCUT2D eigenvalue weighted by molar-refractivity contribution is 7.99. The van der Waals surface area contributed by atoms with E-state index in [9.17, 15) is 9.50 Å². The number of pyridine rings is 1. The standard InChI is InChI=1S/C14H14FNOS/c1-9-7-14(12(10(2)17)8-13(9)15)18-11-3-5-16-6-4-11/h3-8,10,17H,1-2H3. The zero-order chi connectivity index (χ0) is 13.1. The Hall–Kier alpha value is -1.39. The number of halogens is 1. The molecule has 18 heavy (non-hydrogen) atoms. The van der Waals surface area contributed by atoms with Gasteiger partial charge in [-0.2, -0.15) is 0 Å². The number of aliphatic hydroxyl groups excluding tert-OH is 1. The maximum Gasteiger partial charge on any atom is 0.126 e. The van der Waals surface area contributed by atoms with E-state index in [2.05, 4.69) is 4.98 Å². The van der Waals surface area contributed by atoms with Crippen molar-refractivity contribution in [3.63, 3.8) is 0 Å². The summed E-state index contributed by atoms with van der Waals surface area (Å²) in [6, 6.07) is 6.94. The van der Waals surface area contributed by atoms with Gasteiger partial charge in [-0.1, -0.05) is 11.8 Å². The second kappa shape index (κ2) is 5.50. The topological polar surface area (TPSA) is 33.1 Å². The summed E-state index contributed by atoms with van der Waals surface area (Å²) < 4.78 is 13.5. The Labute approximate surface area is 110 Å². The lowest BCUT2D eigenvalue weighted by Crippen LogP contribution is -1.97. The molecule has 1 unspecified atom stereocenters. The van der Waals surface area contributed by atoms with Gasteiger partial charge in [0.15, 0.2) is 0 Å². The van der Waals surface area contributed by atoms with E-state index in [1.54, 1.807) is 32.3 Å². The average Bonchev–Trinajstić information content (AvgIpc) is 2.34. The predicted octanol–water partition coefficient (Wildman–Crippen LogP) is 3.73. The van der Waals surface area contributed by atoms with Crippen LogP contribution in [0.5, 0.6) is 0 Å². The van der Waals surface area contributed by atoms with Crippen molar-refractivity contribution in [1.29, 1.82) is 0 Å². The molecule has 0 spiro atoms. The van der Waals surface area contributed by atoms with E-state index < -0.39 is 6.10 Å². The molecule has 1 atom stereocenters. The van der Waals surface area contributed by atoms with Crippen molar-refractivity contribution in [2.24, 2.45) is 0 Å². The third kappa shape index (κ3) is 2.89. The summed E-state index contributed by atoms with van der Waals surface area (Å²) >= 11 is 1.50. The molecule has 1 aromatic carbocycles. The lowest BCUT2D eigenvalue weighted by atomic mass is 10.1. The fourth-order valence-electron chi connectivity index (χ4n) is 1.62. The SMILES string of the molecule is Cc1cc(Sc2ccncc2)c(C(C)O)cc1F. The van der Waals surface area contributed by atoms with Gasteiger partial charge < -0.3 is 5.11 Å². The van der Waals surface area contributed by atoms with Gasteiger partial charge >= 0.3 is 0 Å². The van der Waals surface area contributed by atoms with Gasteiger partial charge in [0.1, 0.15) is 5.82 Å². The Morgan fingerprint density at radius 3 is 2.56 bits per heavy atom. The van der Waals surface area contributed by atoms with E-state index >= 15 is 0 Å². The minimum Gasteiger partial charge on any atom is -0.389 e. The number of aliphatic hydroxyl groups is 1. The Kier molecular flexibility index (Phi) is 3.99. The predicted molar refractivity (Wildman–Crippen MR) is 70.1 cm³/mol. The molecular formula is C14H14FNOS. The van der Waals surface area contributed by atoms with Gasteiger partial charge in [0.25, 0.3) is 0 Å². The zero-order valence-corrected chi connectivity index (χ0v) is 11.0. The highest BCUT2D eigenvalue weighted by Crippen LogP contribution is 2.34. The molecule has 1 heterocycles. The van der Waals surface area contributed by atoms with Crippen LogP contribution in [0.2, 0.25) is 0 Å². The molecule has 0 saturated carbocycles. The maximum atomic E-state index is 13.5. The first kappa shape index (κ1) is 13.1. The Morgan fingerprint density at radius 2 is 1.94 bits per heavy atom. The van der Waals surface area contributed by atoms with Crippen LogP contribution in [0, 0.1) is 12.7 Å². The molecule has 0 aliphatic rings. The van der Waals surface area contributed by atoms with E-state index in [1.165, 1.54) is 17.8 Å². The van der Waals surface area contributed by atoms with Crippen LogP contribution in [0.25, 0.3) is 0 Å². The molecule has 1 aromatic heterocycles. The van der Waals surface area contributed by atoms with Crippen LogP contribution in [-0.4, -0.2) is 10.1 Å². The largest absolute Gasteiger partial charge is 0.389 e. The third-order valence-electron chi connectivity index (χ3n) is 2.62. The Bertz CT molecular complexity index is 543. The summed E-state index contributed by atoms with van der Waals surface area (Å²) in [6.45, 7) is 3.36. The molecule has 0 saturated heterocycles.